The van der Waals surface area contributed by atoms with E-state index in [1.54, 1.807) is 22.7 Å². The van der Waals surface area contributed by atoms with Crippen LogP contribution in [0.1, 0.15) is 39.0 Å². The molecular formula is C21H27N5O3. The summed E-state index contributed by atoms with van der Waals surface area (Å²) in [6.45, 7) is 2.68. The van der Waals surface area contributed by atoms with Crippen LogP contribution in [0, 0.1) is 0 Å². The van der Waals surface area contributed by atoms with Gasteiger partial charge < -0.3 is 15.1 Å². The summed E-state index contributed by atoms with van der Waals surface area (Å²) in [5, 5.41) is 8.16. The Bertz CT molecular complexity index is 953. The number of aromatic nitrogens is 2. The fourth-order valence-corrected chi connectivity index (χ4v) is 4.61. The van der Waals surface area contributed by atoms with Crippen molar-refractivity contribution in [2.75, 3.05) is 18.4 Å². The van der Waals surface area contributed by atoms with Crippen LogP contribution >= 0.6 is 0 Å². The SMILES string of the molecule is CC(=O)N1CCC(=O)N2[C@H](CC[C@H]2CC(=O)Nc2ccc3c(cnn3C)c2)CC1. The molecule has 154 valence electrons. The lowest BCUT2D eigenvalue weighted by Gasteiger charge is -2.35. The van der Waals surface area contributed by atoms with Gasteiger partial charge >= 0.3 is 0 Å². The van der Waals surface area contributed by atoms with Crippen molar-refractivity contribution in [3.63, 3.8) is 0 Å². The molecule has 0 unspecified atom stereocenters. The van der Waals surface area contributed by atoms with Crippen LogP contribution in [0.4, 0.5) is 5.69 Å². The first-order valence-electron chi connectivity index (χ1n) is 10.2. The van der Waals surface area contributed by atoms with E-state index < -0.39 is 0 Å². The minimum absolute atomic E-state index is 0.0192. The number of anilines is 1. The van der Waals surface area contributed by atoms with Gasteiger partial charge in [-0.05, 0) is 37.5 Å². The van der Waals surface area contributed by atoms with Crippen LogP contribution in [-0.4, -0.2) is 62.5 Å². The van der Waals surface area contributed by atoms with Gasteiger partial charge in [0.05, 0.1) is 11.7 Å². The van der Waals surface area contributed by atoms with E-state index in [0.717, 1.165) is 35.9 Å². The van der Waals surface area contributed by atoms with Gasteiger partial charge in [-0.25, -0.2) is 0 Å². The van der Waals surface area contributed by atoms with Crippen molar-refractivity contribution in [2.24, 2.45) is 7.05 Å². The maximum Gasteiger partial charge on any atom is 0.226 e. The minimum atomic E-state index is -0.0842. The molecule has 2 atom stereocenters. The molecule has 2 fully saturated rings. The van der Waals surface area contributed by atoms with Crippen LogP contribution in [-0.2, 0) is 21.4 Å². The highest BCUT2D eigenvalue weighted by atomic mass is 16.2. The monoisotopic (exact) mass is 397 g/mol. The number of rotatable bonds is 3. The summed E-state index contributed by atoms with van der Waals surface area (Å²) in [5.74, 6) is -0.0158. The van der Waals surface area contributed by atoms with E-state index in [-0.39, 0.29) is 29.8 Å². The number of benzene rings is 1. The van der Waals surface area contributed by atoms with Crippen LogP contribution in [0.5, 0.6) is 0 Å². The molecular weight excluding hydrogens is 370 g/mol. The highest BCUT2D eigenvalue weighted by Crippen LogP contribution is 2.31. The molecule has 29 heavy (non-hydrogen) atoms. The number of aryl methyl sites for hydroxylation is 1. The molecule has 2 aliphatic heterocycles. The lowest BCUT2D eigenvalue weighted by Crippen LogP contribution is -2.47. The van der Waals surface area contributed by atoms with Gasteiger partial charge in [0.2, 0.25) is 17.7 Å². The van der Waals surface area contributed by atoms with Crippen molar-refractivity contribution >= 4 is 34.3 Å². The summed E-state index contributed by atoms with van der Waals surface area (Å²) < 4.78 is 1.79. The number of amides is 3. The van der Waals surface area contributed by atoms with Crippen molar-refractivity contribution in [2.45, 2.75) is 51.1 Å². The lowest BCUT2D eigenvalue weighted by atomic mass is 10.1. The maximum absolute atomic E-state index is 12.8. The van der Waals surface area contributed by atoms with Gasteiger partial charge in [0, 0.05) is 63.1 Å². The van der Waals surface area contributed by atoms with Gasteiger partial charge in [-0.1, -0.05) is 0 Å². The van der Waals surface area contributed by atoms with E-state index in [1.165, 1.54) is 0 Å². The lowest BCUT2D eigenvalue weighted by molar-refractivity contribution is -0.138. The number of nitrogens with zero attached hydrogens (tertiary/aromatic N) is 4. The molecule has 8 heteroatoms. The Morgan fingerprint density at radius 2 is 2.03 bits per heavy atom. The van der Waals surface area contributed by atoms with Gasteiger partial charge in [-0.2, -0.15) is 5.10 Å². The number of fused-ring (bicyclic) bond motifs is 2. The molecule has 0 saturated carbocycles. The molecule has 1 aromatic heterocycles. The van der Waals surface area contributed by atoms with Gasteiger partial charge in [-0.3, -0.25) is 19.1 Å². The second-order valence-electron chi connectivity index (χ2n) is 8.02. The molecule has 1 N–H and O–H groups in total. The fraction of sp³-hybridized carbons (Fsp3) is 0.524. The van der Waals surface area contributed by atoms with Gasteiger partial charge in [0.15, 0.2) is 0 Å². The average Bonchev–Trinajstić information content (AvgIpc) is 3.22. The van der Waals surface area contributed by atoms with Crippen LogP contribution in [0.25, 0.3) is 10.9 Å². The molecule has 3 heterocycles. The standard InChI is InChI=1S/C21H27N5O3/c1-14(27)25-9-7-17-4-5-18(26(17)21(29)8-10-25)12-20(28)23-16-3-6-19-15(11-16)13-22-24(19)2/h3,6,11,13,17-18H,4-5,7-10,12H2,1-2H3,(H,23,28)/t17-,18+/m1/s1. The van der Waals surface area contributed by atoms with E-state index in [4.69, 9.17) is 0 Å². The Hall–Kier alpha value is -2.90. The van der Waals surface area contributed by atoms with Crippen molar-refractivity contribution in [3.8, 4) is 0 Å². The molecule has 2 aliphatic rings. The highest BCUT2D eigenvalue weighted by Gasteiger charge is 2.38. The van der Waals surface area contributed by atoms with Crippen LogP contribution in [0.3, 0.4) is 0 Å². The number of nitrogens with one attached hydrogen (secondary N) is 1. The smallest absolute Gasteiger partial charge is 0.226 e. The van der Waals surface area contributed by atoms with Crippen molar-refractivity contribution in [1.29, 1.82) is 0 Å². The molecule has 2 saturated heterocycles. The normalized spacial score (nSPS) is 22.3. The molecule has 1 aromatic carbocycles. The zero-order valence-corrected chi connectivity index (χ0v) is 16.9. The third kappa shape index (κ3) is 3.97. The molecule has 0 bridgehead atoms. The molecule has 2 aromatic rings. The molecule has 3 amide bonds. The molecule has 0 spiro atoms. The zero-order chi connectivity index (χ0) is 20.5. The average molecular weight is 397 g/mol. The summed E-state index contributed by atoms with van der Waals surface area (Å²) in [5.41, 5.74) is 1.74. The number of carbonyl (C=O) groups is 3. The maximum atomic E-state index is 12.8. The van der Waals surface area contributed by atoms with Crippen LogP contribution in [0.2, 0.25) is 0 Å². The molecule has 8 nitrogen and oxygen atoms in total. The predicted molar refractivity (Wildman–Crippen MR) is 109 cm³/mol. The van der Waals surface area contributed by atoms with Gasteiger partial charge in [0.25, 0.3) is 0 Å². The second-order valence-corrected chi connectivity index (χ2v) is 8.02. The van der Waals surface area contributed by atoms with E-state index in [2.05, 4.69) is 10.4 Å². The van der Waals surface area contributed by atoms with Gasteiger partial charge in [-0.15, -0.1) is 0 Å². The molecule has 0 aliphatic carbocycles. The second kappa shape index (κ2) is 7.85. The van der Waals surface area contributed by atoms with Crippen LogP contribution < -0.4 is 5.32 Å². The third-order valence-electron chi connectivity index (χ3n) is 6.13. The first-order chi connectivity index (χ1) is 13.9. The molecule has 0 radical (unpaired) electrons. The summed E-state index contributed by atoms with van der Waals surface area (Å²) >= 11 is 0. The van der Waals surface area contributed by atoms with E-state index in [0.29, 0.717) is 25.9 Å². The Morgan fingerprint density at radius 1 is 1.21 bits per heavy atom. The largest absolute Gasteiger partial charge is 0.342 e. The highest BCUT2D eigenvalue weighted by molar-refractivity contribution is 5.94. The van der Waals surface area contributed by atoms with Crippen LogP contribution in [0.15, 0.2) is 24.4 Å². The summed E-state index contributed by atoms with van der Waals surface area (Å²) in [6.07, 6.45) is 4.88. The van der Waals surface area contributed by atoms with E-state index >= 15 is 0 Å². The number of hydrogen-bond acceptors (Lipinski definition) is 4. The van der Waals surface area contributed by atoms with E-state index in [1.807, 2.05) is 30.1 Å². The zero-order valence-electron chi connectivity index (χ0n) is 16.9. The predicted octanol–water partition coefficient (Wildman–Crippen LogP) is 1.90. The third-order valence-corrected chi connectivity index (χ3v) is 6.13. The number of hydrogen-bond donors (Lipinski definition) is 1. The van der Waals surface area contributed by atoms with Crippen molar-refractivity contribution < 1.29 is 14.4 Å². The number of carbonyl (C=O) groups excluding carboxylic acids is 3. The summed E-state index contributed by atoms with van der Waals surface area (Å²) in [4.78, 5) is 40.8. The Balaban J connectivity index is 1.40. The first kappa shape index (κ1) is 19.4. The first-order valence-corrected chi connectivity index (χ1v) is 10.2. The van der Waals surface area contributed by atoms with Gasteiger partial charge in [0.1, 0.15) is 0 Å². The minimum Gasteiger partial charge on any atom is -0.342 e. The Kier molecular flexibility index (Phi) is 5.25. The summed E-state index contributed by atoms with van der Waals surface area (Å²) in [7, 11) is 1.88. The van der Waals surface area contributed by atoms with Crippen molar-refractivity contribution in [1.82, 2.24) is 19.6 Å². The quantitative estimate of drug-likeness (QED) is 0.857. The Labute approximate surface area is 169 Å². The fourth-order valence-electron chi connectivity index (χ4n) is 4.61. The summed E-state index contributed by atoms with van der Waals surface area (Å²) in [6, 6.07) is 5.77. The van der Waals surface area contributed by atoms with E-state index in [9.17, 15) is 14.4 Å². The Morgan fingerprint density at radius 3 is 2.83 bits per heavy atom. The van der Waals surface area contributed by atoms with Crippen molar-refractivity contribution in [3.05, 3.63) is 24.4 Å². The topological polar surface area (TPSA) is 87.5 Å². The molecule has 4 rings (SSSR count).